The van der Waals surface area contributed by atoms with Crippen molar-refractivity contribution >= 4 is 11.3 Å². The molecule has 2 heterocycles. The third kappa shape index (κ3) is 3.09. The summed E-state index contributed by atoms with van der Waals surface area (Å²) in [4.78, 5) is 2.61. The van der Waals surface area contributed by atoms with Gasteiger partial charge in [-0.2, -0.15) is 11.3 Å². The average Bonchev–Trinajstić information content (AvgIpc) is 2.81. The lowest BCUT2D eigenvalue weighted by molar-refractivity contribution is 0.0642. The van der Waals surface area contributed by atoms with Crippen LogP contribution in [0.15, 0.2) is 16.8 Å². The first-order chi connectivity index (χ1) is 8.14. The summed E-state index contributed by atoms with van der Waals surface area (Å²) < 4.78 is 0. The van der Waals surface area contributed by atoms with E-state index in [1.54, 1.807) is 11.3 Å². The molecule has 0 aliphatic carbocycles. The Labute approximate surface area is 109 Å². The second-order valence-electron chi connectivity index (χ2n) is 5.70. The molecule has 1 aromatic rings. The van der Waals surface area contributed by atoms with Crippen LogP contribution in [-0.2, 0) is 6.42 Å². The molecule has 2 nitrogen and oxygen atoms in total. The molecule has 2 N–H and O–H groups in total. The largest absolute Gasteiger partial charge is 0.329 e. The molecule has 0 radical (unpaired) electrons. The Kier molecular flexibility index (Phi) is 4.23. The highest BCUT2D eigenvalue weighted by molar-refractivity contribution is 7.07. The molecule has 0 amide bonds. The predicted octanol–water partition coefficient (Wildman–Crippen LogP) is 2.74. The van der Waals surface area contributed by atoms with Crippen LogP contribution in [0.5, 0.6) is 0 Å². The minimum absolute atomic E-state index is 0.135. The van der Waals surface area contributed by atoms with Crippen molar-refractivity contribution in [1.82, 2.24) is 4.90 Å². The van der Waals surface area contributed by atoms with Gasteiger partial charge in [-0.1, -0.05) is 6.92 Å². The first-order valence-corrected chi connectivity index (χ1v) is 7.54. The maximum Gasteiger partial charge on any atom is 0.0344 e. The minimum Gasteiger partial charge on any atom is -0.329 e. The summed E-state index contributed by atoms with van der Waals surface area (Å²) in [5.74, 6) is 0.817. The van der Waals surface area contributed by atoms with Gasteiger partial charge in [0.05, 0.1) is 0 Å². The van der Waals surface area contributed by atoms with Crippen LogP contribution in [0.2, 0.25) is 0 Å². The molecule has 96 valence electrons. The van der Waals surface area contributed by atoms with E-state index in [9.17, 15) is 0 Å². The number of nitrogens with two attached hydrogens (primary N) is 1. The van der Waals surface area contributed by atoms with E-state index in [0.717, 1.165) is 18.9 Å². The smallest absolute Gasteiger partial charge is 0.0344 e. The van der Waals surface area contributed by atoms with E-state index < -0.39 is 0 Å². The summed E-state index contributed by atoms with van der Waals surface area (Å²) in [5, 5.41) is 4.41. The molecule has 2 unspecified atom stereocenters. The van der Waals surface area contributed by atoms with E-state index in [2.05, 4.69) is 35.6 Å². The van der Waals surface area contributed by atoms with Crippen LogP contribution < -0.4 is 5.73 Å². The van der Waals surface area contributed by atoms with Gasteiger partial charge < -0.3 is 5.73 Å². The highest BCUT2D eigenvalue weighted by Gasteiger charge is 2.33. The monoisotopic (exact) mass is 252 g/mol. The molecule has 1 aromatic heterocycles. The predicted molar refractivity (Wildman–Crippen MR) is 75.5 cm³/mol. The Balaban J connectivity index is 2.07. The highest BCUT2D eigenvalue weighted by atomic mass is 32.1. The Morgan fingerprint density at radius 3 is 3.00 bits per heavy atom. The van der Waals surface area contributed by atoms with Crippen LogP contribution in [0.1, 0.15) is 32.3 Å². The number of thiophene rings is 1. The van der Waals surface area contributed by atoms with Gasteiger partial charge in [0.25, 0.3) is 0 Å². The van der Waals surface area contributed by atoms with E-state index >= 15 is 0 Å². The average molecular weight is 252 g/mol. The third-order valence-corrected chi connectivity index (χ3v) is 4.76. The van der Waals surface area contributed by atoms with Crippen LogP contribution >= 0.6 is 11.3 Å². The molecule has 0 spiro atoms. The van der Waals surface area contributed by atoms with Gasteiger partial charge in [0.15, 0.2) is 0 Å². The topological polar surface area (TPSA) is 29.3 Å². The van der Waals surface area contributed by atoms with Crippen molar-refractivity contribution < 1.29 is 0 Å². The van der Waals surface area contributed by atoms with Crippen molar-refractivity contribution in [2.24, 2.45) is 11.7 Å². The SMILES string of the molecule is CC1CCCN(C(C)(CN)Cc2ccsc2)C1. The summed E-state index contributed by atoms with van der Waals surface area (Å²) >= 11 is 1.78. The summed E-state index contributed by atoms with van der Waals surface area (Å²) in [5.41, 5.74) is 7.63. The summed E-state index contributed by atoms with van der Waals surface area (Å²) in [6.45, 7) is 7.84. The molecular formula is C14H24N2S. The molecular weight excluding hydrogens is 228 g/mol. The molecule has 1 aliphatic rings. The number of likely N-dealkylation sites (tertiary alicyclic amines) is 1. The Morgan fingerprint density at radius 1 is 1.59 bits per heavy atom. The van der Waals surface area contributed by atoms with Gasteiger partial charge in [0, 0.05) is 18.6 Å². The first kappa shape index (κ1) is 13.1. The lowest BCUT2D eigenvalue weighted by atomic mass is 9.88. The fourth-order valence-corrected chi connectivity index (χ4v) is 3.49. The van der Waals surface area contributed by atoms with E-state index in [1.165, 1.54) is 31.5 Å². The zero-order valence-corrected chi connectivity index (χ0v) is 11.8. The van der Waals surface area contributed by atoms with Gasteiger partial charge in [0.1, 0.15) is 0 Å². The molecule has 1 aliphatic heterocycles. The second-order valence-corrected chi connectivity index (χ2v) is 6.48. The molecule has 0 bridgehead atoms. The first-order valence-electron chi connectivity index (χ1n) is 6.60. The highest BCUT2D eigenvalue weighted by Crippen LogP contribution is 2.27. The molecule has 3 heteroatoms. The standard InChI is InChI=1S/C14H24N2S/c1-12-4-3-6-16(9-12)14(2,11-15)8-13-5-7-17-10-13/h5,7,10,12H,3-4,6,8-9,11,15H2,1-2H3. The summed E-state index contributed by atoms with van der Waals surface area (Å²) in [7, 11) is 0. The van der Waals surface area contributed by atoms with Gasteiger partial charge in [-0.15, -0.1) is 0 Å². The van der Waals surface area contributed by atoms with Gasteiger partial charge in [-0.25, -0.2) is 0 Å². The number of hydrogen-bond donors (Lipinski definition) is 1. The number of piperidine rings is 1. The van der Waals surface area contributed by atoms with Crippen molar-refractivity contribution in [1.29, 1.82) is 0 Å². The third-order valence-electron chi connectivity index (χ3n) is 4.03. The molecule has 0 saturated carbocycles. The normalized spacial score (nSPS) is 25.7. The van der Waals surface area contributed by atoms with Crippen LogP contribution in [0.4, 0.5) is 0 Å². The summed E-state index contributed by atoms with van der Waals surface area (Å²) in [6, 6.07) is 2.23. The van der Waals surface area contributed by atoms with E-state index in [4.69, 9.17) is 5.73 Å². The van der Waals surface area contributed by atoms with Crippen molar-refractivity contribution in [3.8, 4) is 0 Å². The number of hydrogen-bond acceptors (Lipinski definition) is 3. The lowest BCUT2D eigenvalue weighted by Crippen LogP contribution is -2.56. The minimum atomic E-state index is 0.135. The molecule has 1 saturated heterocycles. The molecule has 2 rings (SSSR count). The quantitative estimate of drug-likeness (QED) is 0.893. The van der Waals surface area contributed by atoms with Crippen LogP contribution in [0.3, 0.4) is 0 Å². The Bertz CT molecular complexity index is 336. The molecule has 2 atom stereocenters. The molecule has 1 fully saturated rings. The Morgan fingerprint density at radius 2 is 2.41 bits per heavy atom. The maximum absolute atomic E-state index is 6.06. The maximum atomic E-state index is 6.06. The Hall–Kier alpha value is -0.380. The van der Waals surface area contributed by atoms with Crippen LogP contribution in [-0.4, -0.2) is 30.1 Å². The number of nitrogens with zero attached hydrogens (tertiary/aromatic N) is 1. The fraction of sp³-hybridized carbons (Fsp3) is 0.714. The van der Waals surface area contributed by atoms with Gasteiger partial charge in [-0.05, 0) is 61.0 Å². The van der Waals surface area contributed by atoms with Gasteiger partial charge in [-0.3, -0.25) is 4.90 Å². The van der Waals surface area contributed by atoms with Crippen molar-refractivity contribution in [3.05, 3.63) is 22.4 Å². The van der Waals surface area contributed by atoms with Crippen LogP contribution in [0, 0.1) is 5.92 Å². The lowest BCUT2D eigenvalue weighted by Gasteiger charge is -2.44. The molecule has 17 heavy (non-hydrogen) atoms. The van der Waals surface area contributed by atoms with Gasteiger partial charge >= 0.3 is 0 Å². The van der Waals surface area contributed by atoms with Crippen LogP contribution in [0.25, 0.3) is 0 Å². The van der Waals surface area contributed by atoms with E-state index in [0.29, 0.717) is 0 Å². The number of rotatable bonds is 4. The van der Waals surface area contributed by atoms with Crippen molar-refractivity contribution in [2.45, 2.75) is 38.6 Å². The van der Waals surface area contributed by atoms with E-state index in [-0.39, 0.29) is 5.54 Å². The zero-order valence-electron chi connectivity index (χ0n) is 11.0. The molecule has 0 aromatic carbocycles. The zero-order chi connectivity index (χ0) is 12.3. The van der Waals surface area contributed by atoms with Gasteiger partial charge in [0.2, 0.25) is 0 Å². The van der Waals surface area contributed by atoms with E-state index in [1.807, 2.05) is 0 Å². The fourth-order valence-electron chi connectivity index (χ4n) is 2.83. The second kappa shape index (κ2) is 5.51. The van der Waals surface area contributed by atoms with Crippen molar-refractivity contribution in [3.63, 3.8) is 0 Å². The van der Waals surface area contributed by atoms with Crippen molar-refractivity contribution in [2.75, 3.05) is 19.6 Å². The summed E-state index contributed by atoms with van der Waals surface area (Å²) in [6.07, 6.45) is 3.77.